The number of para-hydroxylation sites is 1. The van der Waals surface area contributed by atoms with Gasteiger partial charge >= 0.3 is 0 Å². The first-order valence-corrected chi connectivity index (χ1v) is 7.97. The molecule has 2 unspecified atom stereocenters. The minimum Gasteiger partial charge on any atom is -0.507 e. The average Bonchev–Trinajstić information content (AvgIpc) is 2.84. The Morgan fingerprint density at radius 3 is 2.46 bits per heavy atom. The molecule has 1 saturated heterocycles. The van der Waals surface area contributed by atoms with Crippen LogP contribution in [0.4, 0.5) is 11.4 Å². The smallest absolute Gasteiger partial charge is 0.269 e. The largest absolute Gasteiger partial charge is 0.507 e. The SMILES string of the molecule is CC1C(N=Nc2cc(C=O)c(O)cc2O)C(=O)N(c2ccccc2)N1C. The predicted molar refractivity (Wildman–Crippen MR) is 94.6 cm³/mol. The van der Waals surface area contributed by atoms with Gasteiger partial charge in [-0.05, 0) is 25.1 Å². The fraction of sp³-hybridized carbons (Fsp3) is 0.222. The Morgan fingerprint density at radius 1 is 1.12 bits per heavy atom. The van der Waals surface area contributed by atoms with Crippen molar-refractivity contribution in [2.24, 2.45) is 10.2 Å². The summed E-state index contributed by atoms with van der Waals surface area (Å²) >= 11 is 0. The Balaban J connectivity index is 1.89. The molecule has 0 aliphatic carbocycles. The van der Waals surface area contributed by atoms with Crippen molar-refractivity contribution in [2.45, 2.75) is 19.0 Å². The molecule has 0 radical (unpaired) electrons. The summed E-state index contributed by atoms with van der Waals surface area (Å²) in [6.07, 6.45) is 0.446. The number of amides is 1. The third-order valence-electron chi connectivity index (χ3n) is 4.37. The number of aromatic hydroxyl groups is 2. The molecule has 1 fully saturated rings. The van der Waals surface area contributed by atoms with Crippen LogP contribution in [0, 0.1) is 0 Å². The predicted octanol–water partition coefficient (Wildman–Crippen LogP) is 2.64. The third kappa shape index (κ3) is 3.02. The van der Waals surface area contributed by atoms with Crippen LogP contribution in [-0.4, -0.2) is 46.5 Å². The fourth-order valence-electron chi connectivity index (χ4n) is 2.78. The Kier molecular flexibility index (Phi) is 4.68. The fourth-order valence-corrected chi connectivity index (χ4v) is 2.78. The first-order chi connectivity index (χ1) is 12.4. The Bertz CT molecular complexity index is 869. The summed E-state index contributed by atoms with van der Waals surface area (Å²) in [5, 5.41) is 30.7. The van der Waals surface area contributed by atoms with E-state index in [0.29, 0.717) is 6.29 Å². The molecule has 0 bridgehead atoms. The number of rotatable bonds is 4. The van der Waals surface area contributed by atoms with Crippen molar-refractivity contribution >= 4 is 23.6 Å². The van der Waals surface area contributed by atoms with Crippen molar-refractivity contribution in [3.8, 4) is 11.5 Å². The number of benzene rings is 2. The lowest BCUT2D eigenvalue weighted by molar-refractivity contribution is -0.118. The van der Waals surface area contributed by atoms with Gasteiger partial charge in [-0.15, -0.1) is 0 Å². The van der Waals surface area contributed by atoms with E-state index in [9.17, 15) is 19.8 Å². The first kappa shape index (κ1) is 17.6. The van der Waals surface area contributed by atoms with Crippen molar-refractivity contribution in [2.75, 3.05) is 12.1 Å². The van der Waals surface area contributed by atoms with E-state index < -0.39 is 6.04 Å². The number of hydrogen-bond donors (Lipinski definition) is 2. The number of likely N-dealkylation sites (N-methyl/N-ethyl adjacent to an activating group) is 1. The lowest BCUT2D eigenvalue weighted by Gasteiger charge is -2.26. The van der Waals surface area contributed by atoms with Gasteiger partial charge in [-0.1, -0.05) is 18.2 Å². The van der Waals surface area contributed by atoms with Crippen LogP contribution in [0.2, 0.25) is 0 Å². The summed E-state index contributed by atoms with van der Waals surface area (Å²) in [6.45, 7) is 1.85. The summed E-state index contributed by atoms with van der Waals surface area (Å²) in [6, 6.07) is 10.4. The van der Waals surface area contributed by atoms with Gasteiger partial charge in [0.05, 0.1) is 17.3 Å². The van der Waals surface area contributed by atoms with Gasteiger partial charge in [0.1, 0.15) is 17.2 Å². The molecule has 2 atom stereocenters. The topological polar surface area (TPSA) is 106 Å². The van der Waals surface area contributed by atoms with Crippen LogP contribution < -0.4 is 5.01 Å². The van der Waals surface area contributed by atoms with Gasteiger partial charge in [0.15, 0.2) is 12.3 Å². The number of carbonyl (C=O) groups is 2. The van der Waals surface area contributed by atoms with E-state index in [1.807, 2.05) is 37.3 Å². The summed E-state index contributed by atoms with van der Waals surface area (Å²) in [5.41, 5.74) is 0.705. The standard InChI is InChI=1S/C18H18N4O4/c1-11-17(18(26)22(21(11)2)13-6-4-3-5-7-13)20-19-14-8-12(10-23)15(24)9-16(14)25/h3-11,17,24-25H,1-2H3. The monoisotopic (exact) mass is 354 g/mol. The molecule has 134 valence electrons. The minimum absolute atomic E-state index is 0.00529. The second-order valence-electron chi connectivity index (χ2n) is 5.98. The van der Waals surface area contributed by atoms with E-state index in [4.69, 9.17) is 0 Å². The van der Waals surface area contributed by atoms with E-state index in [1.165, 1.54) is 11.1 Å². The second-order valence-corrected chi connectivity index (χ2v) is 5.98. The lowest BCUT2D eigenvalue weighted by Crippen LogP contribution is -2.38. The highest BCUT2D eigenvalue weighted by Crippen LogP contribution is 2.34. The summed E-state index contributed by atoms with van der Waals surface area (Å²) in [4.78, 5) is 23.7. The van der Waals surface area contributed by atoms with Gasteiger partial charge in [-0.3, -0.25) is 9.59 Å². The maximum Gasteiger partial charge on any atom is 0.269 e. The molecule has 0 spiro atoms. The highest BCUT2D eigenvalue weighted by molar-refractivity contribution is 5.99. The number of hydrogen-bond acceptors (Lipinski definition) is 7. The maximum absolute atomic E-state index is 12.8. The summed E-state index contributed by atoms with van der Waals surface area (Å²) < 4.78 is 0. The van der Waals surface area contributed by atoms with Crippen LogP contribution in [0.1, 0.15) is 17.3 Å². The van der Waals surface area contributed by atoms with Gasteiger partial charge in [0.25, 0.3) is 5.91 Å². The van der Waals surface area contributed by atoms with Crippen molar-refractivity contribution in [3.63, 3.8) is 0 Å². The van der Waals surface area contributed by atoms with Gasteiger partial charge in [0, 0.05) is 13.1 Å². The number of azo groups is 1. The number of nitrogens with zero attached hydrogens (tertiary/aromatic N) is 4. The van der Waals surface area contributed by atoms with Crippen molar-refractivity contribution in [3.05, 3.63) is 48.0 Å². The minimum atomic E-state index is -0.770. The van der Waals surface area contributed by atoms with Crippen LogP contribution in [-0.2, 0) is 4.79 Å². The number of phenolic OH excluding ortho intramolecular Hbond substituents is 2. The van der Waals surface area contributed by atoms with Crippen LogP contribution in [0.5, 0.6) is 11.5 Å². The summed E-state index contributed by atoms with van der Waals surface area (Å²) in [5.74, 6) is -0.927. The van der Waals surface area contributed by atoms with E-state index in [0.717, 1.165) is 11.8 Å². The third-order valence-corrected chi connectivity index (χ3v) is 4.37. The zero-order valence-electron chi connectivity index (χ0n) is 14.3. The molecule has 1 amide bonds. The van der Waals surface area contributed by atoms with E-state index in [-0.39, 0.29) is 34.7 Å². The molecule has 2 N–H and O–H groups in total. The molecule has 1 aliphatic heterocycles. The van der Waals surface area contributed by atoms with Crippen molar-refractivity contribution < 1.29 is 19.8 Å². The molecule has 0 aromatic heterocycles. The normalized spacial score (nSPS) is 20.8. The van der Waals surface area contributed by atoms with Crippen LogP contribution in [0.15, 0.2) is 52.7 Å². The molecular formula is C18H18N4O4. The Morgan fingerprint density at radius 2 is 1.81 bits per heavy atom. The number of anilines is 1. The quantitative estimate of drug-likeness (QED) is 0.648. The highest BCUT2D eigenvalue weighted by Gasteiger charge is 2.43. The number of aldehydes is 1. The van der Waals surface area contributed by atoms with Gasteiger partial charge in [-0.25, -0.2) is 10.0 Å². The van der Waals surface area contributed by atoms with Gasteiger partial charge in [-0.2, -0.15) is 10.2 Å². The number of carbonyl (C=O) groups excluding carboxylic acids is 2. The molecule has 1 heterocycles. The second kappa shape index (κ2) is 6.93. The van der Waals surface area contributed by atoms with Crippen LogP contribution in [0.25, 0.3) is 0 Å². The van der Waals surface area contributed by atoms with Gasteiger partial charge < -0.3 is 10.2 Å². The lowest BCUT2D eigenvalue weighted by atomic mass is 10.1. The van der Waals surface area contributed by atoms with E-state index in [2.05, 4.69) is 10.2 Å². The van der Waals surface area contributed by atoms with Crippen molar-refractivity contribution in [1.29, 1.82) is 0 Å². The zero-order chi connectivity index (χ0) is 18.8. The van der Waals surface area contributed by atoms with E-state index in [1.54, 1.807) is 12.1 Å². The molecule has 8 nitrogen and oxygen atoms in total. The van der Waals surface area contributed by atoms with Crippen LogP contribution in [0.3, 0.4) is 0 Å². The molecule has 26 heavy (non-hydrogen) atoms. The Labute approximate surface area is 150 Å². The maximum atomic E-state index is 12.8. The van der Waals surface area contributed by atoms with Gasteiger partial charge in [0.2, 0.25) is 0 Å². The Hall–Kier alpha value is -3.26. The molecular weight excluding hydrogens is 336 g/mol. The van der Waals surface area contributed by atoms with Crippen molar-refractivity contribution in [1.82, 2.24) is 5.01 Å². The number of hydrazine groups is 1. The molecule has 2 aromatic rings. The molecule has 3 rings (SSSR count). The first-order valence-electron chi connectivity index (χ1n) is 7.97. The van der Waals surface area contributed by atoms with E-state index >= 15 is 0 Å². The molecule has 8 heteroatoms. The van der Waals surface area contributed by atoms with Crippen LogP contribution >= 0.6 is 0 Å². The average molecular weight is 354 g/mol. The molecule has 0 saturated carbocycles. The summed E-state index contributed by atoms with van der Waals surface area (Å²) in [7, 11) is 1.79. The number of phenols is 2. The molecule has 2 aromatic carbocycles. The highest BCUT2D eigenvalue weighted by atomic mass is 16.3. The zero-order valence-corrected chi connectivity index (χ0v) is 14.3. The molecule has 1 aliphatic rings.